The average molecular weight is 232 g/mol. The minimum Gasteiger partial charge on any atom is -0.385 e. The Bertz CT molecular complexity index is 421. The molecular weight excluding hydrogens is 216 g/mol. The first-order valence-corrected chi connectivity index (χ1v) is 6.48. The summed E-state index contributed by atoms with van der Waals surface area (Å²) in [5.74, 6) is 0. The molecule has 16 heavy (non-hydrogen) atoms. The summed E-state index contributed by atoms with van der Waals surface area (Å²) in [6, 6.07) is 12.0. The van der Waals surface area contributed by atoms with Crippen LogP contribution in [0.5, 0.6) is 0 Å². The molecule has 1 aromatic carbocycles. The van der Waals surface area contributed by atoms with Crippen LogP contribution in [0.2, 0.25) is 0 Å². The van der Waals surface area contributed by atoms with Crippen LogP contribution in [0, 0.1) is 0 Å². The van der Waals surface area contributed by atoms with Crippen molar-refractivity contribution in [3.8, 4) is 0 Å². The minimum atomic E-state index is -0.734. The van der Waals surface area contributed by atoms with E-state index in [2.05, 4.69) is 16.8 Å². The molecule has 1 aromatic heterocycles. The highest BCUT2D eigenvalue weighted by Gasteiger charge is 2.27. The van der Waals surface area contributed by atoms with Crippen LogP contribution in [-0.4, -0.2) is 5.11 Å². The molecule has 0 saturated carbocycles. The van der Waals surface area contributed by atoms with Crippen LogP contribution >= 0.6 is 11.3 Å². The zero-order valence-corrected chi connectivity index (χ0v) is 10.2. The Hall–Kier alpha value is -1.12. The van der Waals surface area contributed by atoms with E-state index in [0.717, 1.165) is 12.0 Å². The molecule has 0 aliphatic carbocycles. The van der Waals surface area contributed by atoms with Crippen molar-refractivity contribution in [3.63, 3.8) is 0 Å². The Kier molecular flexibility index (Phi) is 3.42. The van der Waals surface area contributed by atoms with Crippen molar-refractivity contribution in [1.82, 2.24) is 0 Å². The van der Waals surface area contributed by atoms with Crippen molar-refractivity contribution < 1.29 is 5.11 Å². The first-order valence-electron chi connectivity index (χ1n) is 5.53. The van der Waals surface area contributed by atoms with Gasteiger partial charge in [0.05, 0.1) is 5.60 Å². The highest BCUT2D eigenvalue weighted by atomic mass is 32.1. The number of hydrogen-bond acceptors (Lipinski definition) is 2. The van der Waals surface area contributed by atoms with Gasteiger partial charge in [-0.25, -0.2) is 0 Å². The van der Waals surface area contributed by atoms with Gasteiger partial charge in [0, 0.05) is 6.42 Å². The fourth-order valence-electron chi connectivity index (χ4n) is 1.91. The first kappa shape index (κ1) is 11.4. The zero-order chi connectivity index (χ0) is 11.4. The summed E-state index contributed by atoms with van der Waals surface area (Å²) in [4.78, 5) is 0. The monoisotopic (exact) mass is 232 g/mol. The number of hydrogen-bond donors (Lipinski definition) is 1. The second kappa shape index (κ2) is 4.81. The molecule has 0 amide bonds. The van der Waals surface area contributed by atoms with Crippen LogP contribution in [0.3, 0.4) is 0 Å². The van der Waals surface area contributed by atoms with Crippen LogP contribution in [0.1, 0.15) is 24.5 Å². The third-order valence-corrected chi connectivity index (χ3v) is 3.70. The van der Waals surface area contributed by atoms with Gasteiger partial charge >= 0.3 is 0 Å². The third-order valence-electron chi connectivity index (χ3n) is 2.97. The van der Waals surface area contributed by atoms with Crippen molar-refractivity contribution in [2.75, 3.05) is 0 Å². The summed E-state index contributed by atoms with van der Waals surface area (Å²) >= 11 is 1.67. The SMILES string of the molecule is CCC(O)(Cc1ccsc1)c1ccccc1. The van der Waals surface area contributed by atoms with E-state index in [-0.39, 0.29) is 0 Å². The largest absolute Gasteiger partial charge is 0.385 e. The van der Waals surface area contributed by atoms with E-state index in [9.17, 15) is 5.11 Å². The lowest BCUT2D eigenvalue weighted by molar-refractivity contribution is 0.0328. The topological polar surface area (TPSA) is 20.2 Å². The van der Waals surface area contributed by atoms with Crippen LogP contribution in [-0.2, 0) is 12.0 Å². The van der Waals surface area contributed by atoms with Gasteiger partial charge in [0.2, 0.25) is 0 Å². The summed E-state index contributed by atoms with van der Waals surface area (Å²) in [5.41, 5.74) is 1.48. The molecule has 1 unspecified atom stereocenters. The molecule has 2 aromatic rings. The fourth-order valence-corrected chi connectivity index (χ4v) is 2.58. The fraction of sp³-hybridized carbons (Fsp3) is 0.286. The molecule has 0 bridgehead atoms. The van der Waals surface area contributed by atoms with Gasteiger partial charge in [0.15, 0.2) is 0 Å². The maximum atomic E-state index is 10.7. The summed E-state index contributed by atoms with van der Waals surface area (Å²) in [6.45, 7) is 2.03. The maximum Gasteiger partial charge on any atom is 0.0934 e. The molecule has 0 aliphatic heterocycles. The second-order valence-electron chi connectivity index (χ2n) is 4.06. The van der Waals surface area contributed by atoms with E-state index >= 15 is 0 Å². The van der Waals surface area contributed by atoms with Crippen LogP contribution in [0.15, 0.2) is 47.2 Å². The molecular formula is C14H16OS. The molecule has 0 aliphatic rings. The molecule has 0 spiro atoms. The molecule has 2 heteroatoms. The van der Waals surface area contributed by atoms with E-state index in [1.807, 2.05) is 37.3 Å². The molecule has 1 nitrogen and oxygen atoms in total. The zero-order valence-electron chi connectivity index (χ0n) is 9.39. The molecule has 0 fully saturated rings. The summed E-state index contributed by atoms with van der Waals surface area (Å²) in [7, 11) is 0. The van der Waals surface area contributed by atoms with E-state index in [1.165, 1.54) is 5.56 Å². The van der Waals surface area contributed by atoms with Gasteiger partial charge in [-0.1, -0.05) is 37.3 Å². The van der Waals surface area contributed by atoms with Gasteiger partial charge < -0.3 is 5.11 Å². The molecule has 2 rings (SSSR count). The van der Waals surface area contributed by atoms with Crippen LogP contribution in [0.4, 0.5) is 0 Å². The van der Waals surface area contributed by atoms with Crippen molar-refractivity contribution in [2.24, 2.45) is 0 Å². The minimum absolute atomic E-state index is 0.691. The quantitative estimate of drug-likeness (QED) is 0.854. The summed E-state index contributed by atoms with van der Waals surface area (Å²) in [6.07, 6.45) is 1.42. The van der Waals surface area contributed by atoms with Crippen molar-refractivity contribution in [2.45, 2.75) is 25.4 Å². The Balaban J connectivity index is 2.26. The number of benzene rings is 1. The molecule has 84 valence electrons. The Morgan fingerprint density at radius 2 is 1.94 bits per heavy atom. The maximum absolute atomic E-state index is 10.7. The summed E-state index contributed by atoms with van der Waals surface area (Å²) in [5, 5.41) is 14.8. The lowest BCUT2D eigenvalue weighted by atomic mass is 9.86. The van der Waals surface area contributed by atoms with Gasteiger partial charge in [0.25, 0.3) is 0 Å². The van der Waals surface area contributed by atoms with E-state index in [0.29, 0.717) is 6.42 Å². The highest BCUT2D eigenvalue weighted by molar-refractivity contribution is 7.07. The third kappa shape index (κ3) is 2.34. The van der Waals surface area contributed by atoms with E-state index in [1.54, 1.807) is 11.3 Å². The number of aliphatic hydroxyl groups is 1. The smallest absolute Gasteiger partial charge is 0.0934 e. The first-order chi connectivity index (χ1) is 7.74. The average Bonchev–Trinajstić information content (AvgIpc) is 2.83. The van der Waals surface area contributed by atoms with Gasteiger partial charge in [-0.3, -0.25) is 0 Å². The predicted octanol–water partition coefficient (Wildman–Crippen LogP) is 3.59. The molecule has 0 radical (unpaired) electrons. The van der Waals surface area contributed by atoms with Crippen molar-refractivity contribution in [1.29, 1.82) is 0 Å². The normalized spacial score (nSPS) is 14.6. The lowest BCUT2D eigenvalue weighted by Crippen LogP contribution is -2.27. The lowest BCUT2D eigenvalue weighted by Gasteiger charge is -2.27. The van der Waals surface area contributed by atoms with Gasteiger partial charge in [0.1, 0.15) is 0 Å². The molecule has 1 heterocycles. The Morgan fingerprint density at radius 3 is 2.50 bits per heavy atom. The predicted molar refractivity (Wildman–Crippen MR) is 68.7 cm³/mol. The molecule has 1 atom stereocenters. The Morgan fingerprint density at radius 1 is 1.19 bits per heavy atom. The number of rotatable bonds is 4. The van der Waals surface area contributed by atoms with E-state index in [4.69, 9.17) is 0 Å². The second-order valence-corrected chi connectivity index (χ2v) is 4.84. The van der Waals surface area contributed by atoms with Gasteiger partial charge in [-0.2, -0.15) is 11.3 Å². The standard InChI is InChI=1S/C14H16OS/c1-2-14(15,10-12-8-9-16-11-12)13-6-4-3-5-7-13/h3-9,11,15H,2,10H2,1H3. The molecule has 0 saturated heterocycles. The summed E-state index contributed by atoms with van der Waals surface area (Å²) < 4.78 is 0. The van der Waals surface area contributed by atoms with Crippen LogP contribution < -0.4 is 0 Å². The van der Waals surface area contributed by atoms with E-state index < -0.39 is 5.60 Å². The van der Waals surface area contributed by atoms with Gasteiger partial charge in [-0.15, -0.1) is 0 Å². The van der Waals surface area contributed by atoms with Crippen LogP contribution in [0.25, 0.3) is 0 Å². The number of thiophene rings is 1. The molecule has 1 N–H and O–H groups in total. The van der Waals surface area contributed by atoms with Gasteiger partial charge in [-0.05, 0) is 34.4 Å². The highest BCUT2D eigenvalue weighted by Crippen LogP contribution is 2.29. The van der Waals surface area contributed by atoms with Crippen molar-refractivity contribution in [3.05, 3.63) is 58.3 Å². The Labute approximate surface area is 100 Å². The van der Waals surface area contributed by atoms with Crippen molar-refractivity contribution >= 4 is 11.3 Å².